The summed E-state index contributed by atoms with van der Waals surface area (Å²) in [4.78, 5) is 0. The molecule has 0 bridgehead atoms. The molecule has 1 nitrogen and oxygen atoms in total. The molecule has 1 rings (SSSR count). The summed E-state index contributed by atoms with van der Waals surface area (Å²) in [5.74, 6) is 0.492. The summed E-state index contributed by atoms with van der Waals surface area (Å²) >= 11 is 5.83. The van der Waals surface area contributed by atoms with E-state index in [1.54, 1.807) is 13.2 Å². The van der Waals surface area contributed by atoms with E-state index < -0.39 is 0 Å². The van der Waals surface area contributed by atoms with E-state index in [0.717, 1.165) is 24.2 Å². The summed E-state index contributed by atoms with van der Waals surface area (Å²) in [7, 11) is 1.58. The molecule has 1 aromatic rings. The molecule has 0 N–H and O–H groups in total. The summed E-state index contributed by atoms with van der Waals surface area (Å²) < 4.78 is 18.0. The van der Waals surface area contributed by atoms with E-state index in [1.165, 1.54) is 12.1 Å². The van der Waals surface area contributed by atoms with Crippen LogP contribution in [0.25, 0.3) is 0 Å². The number of hydrogen-bond acceptors (Lipinski definition) is 1. The lowest BCUT2D eigenvalue weighted by Crippen LogP contribution is -1.98. The molecule has 0 aliphatic rings. The molecule has 0 saturated carbocycles. The lowest BCUT2D eigenvalue weighted by atomic mass is 10.1. The molecule has 1 unspecified atom stereocenters. The fourth-order valence-corrected chi connectivity index (χ4v) is 1.41. The van der Waals surface area contributed by atoms with Gasteiger partial charge < -0.3 is 4.74 Å². The molecular weight excluding hydrogens is 203 g/mol. The van der Waals surface area contributed by atoms with Gasteiger partial charge in [-0.25, -0.2) is 4.39 Å². The number of halogens is 2. The van der Waals surface area contributed by atoms with Crippen LogP contribution in [0.2, 0.25) is 0 Å². The molecule has 0 aliphatic carbocycles. The summed E-state index contributed by atoms with van der Waals surface area (Å²) in [6, 6.07) is 4.54. The highest BCUT2D eigenvalue weighted by atomic mass is 35.5. The van der Waals surface area contributed by atoms with Crippen molar-refractivity contribution in [2.75, 3.05) is 7.11 Å². The van der Waals surface area contributed by atoms with Crippen LogP contribution in [0.5, 0.6) is 5.75 Å². The molecule has 78 valence electrons. The van der Waals surface area contributed by atoms with Crippen molar-refractivity contribution in [1.82, 2.24) is 0 Å². The van der Waals surface area contributed by atoms with Crippen molar-refractivity contribution < 1.29 is 9.13 Å². The minimum atomic E-state index is -0.233. The first-order valence-corrected chi connectivity index (χ1v) is 5.03. The van der Waals surface area contributed by atoms with Crippen LogP contribution in [0.1, 0.15) is 18.9 Å². The summed E-state index contributed by atoms with van der Waals surface area (Å²) in [6.07, 6.45) is 1.56. The smallest absolute Gasteiger partial charge is 0.123 e. The maximum Gasteiger partial charge on any atom is 0.123 e. The van der Waals surface area contributed by atoms with Gasteiger partial charge in [0.15, 0.2) is 0 Å². The first-order chi connectivity index (χ1) is 6.63. The Labute approximate surface area is 88.8 Å². The van der Waals surface area contributed by atoms with E-state index in [1.807, 2.05) is 6.92 Å². The van der Waals surface area contributed by atoms with E-state index in [2.05, 4.69) is 0 Å². The molecule has 0 fully saturated rings. The van der Waals surface area contributed by atoms with Gasteiger partial charge in [-0.1, -0.05) is 0 Å². The number of benzene rings is 1. The first-order valence-electron chi connectivity index (χ1n) is 4.60. The summed E-state index contributed by atoms with van der Waals surface area (Å²) in [5.41, 5.74) is 0.875. The van der Waals surface area contributed by atoms with Gasteiger partial charge in [0.05, 0.1) is 7.11 Å². The van der Waals surface area contributed by atoms with Gasteiger partial charge in [0.2, 0.25) is 0 Å². The fourth-order valence-electron chi connectivity index (χ4n) is 1.30. The number of methoxy groups -OCH3 is 1. The van der Waals surface area contributed by atoms with Crippen molar-refractivity contribution in [2.24, 2.45) is 0 Å². The normalized spacial score (nSPS) is 12.6. The van der Waals surface area contributed by atoms with Crippen LogP contribution >= 0.6 is 11.6 Å². The van der Waals surface area contributed by atoms with Crippen LogP contribution in [0.4, 0.5) is 4.39 Å². The maximum atomic E-state index is 12.9. The quantitative estimate of drug-likeness (QED) is 0.701. The van der Waals surface area contributed by atoms with Crippen molar-refractivity contribution in [1.29, 1.82) is 0 Å². The van der Waals surface area contributed by atoms with E-state index in [-0.39, 0.29) is 11.2 Å². The highest BCUT2D eigenvalue weighted by molar-refractivity contribution is 6.20. The highest BCUT2D eigenvalue weighted by Crippen LogP contribution is 2.21. The van der Waals surface area contributed by atoms with Gasteiger partial charge >= 0.3 is 0 Å². The standard InChI is InChI=1S/C11H14ClFO/c1-8(12)3-4-9-7-10(13)5-6-11(9)14-2/h5-8H,3-4H2,1-2H3. The van der Waals surface area contributed by atoms with Crippen molar-refractivity contribution in [3.63, 3.8) is 0 Å². The fraction of sp³-hybridized carbons (Fsp3) is 0.455. The Kier molecular flexibility index (Phi) is 4.21. The molecule has 14 heavy (non-hydrogen) atoms. The molecule has 3 heteroatoms. The molecule has 0 heterocycles. The SMILES string of the molecule is COc1ccc(F)cc1CCC(C)Cl. The molecule has 1 aromatic carbocycles. The van der Waals surface area contributed by atoms with Crippen LogP contribution in [0, 0.1) is 5.82 Å². The minimum absolute atomic E-state index is 0.1000. The average Bonchev–Trinajstić information content (AvgIpc) is 2.15. The minimum Gasteiger partial charge on any atom is -0.496 e. The van der Waals surface area contributed by atoms with Crippen LogP contribution < -0.4 is 4.74 Å². The second-order valence-corrected chi connectivity index (χ2v) is 4.02. The Bertz CT molecular complexity index is 299. The van der Waals surface area contributed by atoms with Gasteiger partial charge in [-0.15, -0.1) is 11.6 Å². The van der Waals surface area contributed by atoms with E-state index in [9.17, 15) is 4.39 Å². The molecule has 0 amide bonds. The summed E-state index contributed by atoms with van der Waals surface area (Å²) in [5, 5.41) is 0.1000. The van der Waals surface area contributed by atoms with Gasteiger partial charge in [0.25, 0.3) is 0 Å². The summed E-state index contributed by atoms with van der Waals surface area (Å²) in [6.45, 7) is 1.92. The van der Waals surface area contributed by atoms with Crippen molar-refractivity contribution >= 4 is 11.6 Å². The number of rotatable bonds is 4. The number of aryl methyl sites for hydroxylation is 1. The van der Waals surface area contributed by atoms with Crippen molar-refractivity contribution in [3.05, 3.63) is 29.6 Å². The zero-order valence-electron chi connectivity index (χ0n) is 8.39. The van der Waals surface area contributed by atoms with Gasteiger partial charge in [-0.3, -0.25) is 0 Å². The predicted molar refractivity (Wildman–Crippen MR) is 56.6 cm³/mol. The van der Waals surface area contributed by atoms with E-state index in [4.69, 9.17) is 16.3 Å². The van der Waals surface area contributed by atoms with Crippen LogP contribution in [-0.2, 0) is 6.42 Å². The highest BCUT2D eigenvalue weighted by Gasteiger charge is 2.05. The molecule has 0 radical (unpaired) electrons. The third-order valence-corrected chi connectivity index (χ3v) is 2.27. The molecule has 1 atom stereocenters. The second kappa shape index (κ2) is 5.20. The van der Waals surface area contributed by atoms with Crippen molar-refractivity contribution in [3.8, 4) is 5.75 Å². The van der Waals surface area contributed by atoms with Crippen LogP contribution in [0.15, 0.2) is 18.2 Å². The van der Waals surface area contributed by atoms with E-state index >= 15 is 0 Å². The monoisotopic (exact) mass is 216 g/mol. The largest absolute Gasteiger partial charge is 0.496 e. The van der Waals surface area contributed by atoms with Crippen LogP contribution in [-0.4, -0.2) is 12.5 Å². The Balaban J connectivity index is 2.77. The Morgan fingerprint density at radius 3 is 2.79 bits per heavy atom. The molecule has 0 spiro atoms. The maximum absolute atomic E-state index is 12.9. The molecular formula is C11H14ClFO. The van der Waals surface area contributed by atoms with E-state index in [0.29, 0.717) is 0 Å². The number of alkyl halides is 1. The van der Waals surface area contributed by atoms with Gasteiger partial charge in [-0.05, 0) is 43.5 Å². The number of hydrogen-bond donors (Lipinski definition) is 0. The first kappa shape index (κ1) is 11.3. The topological polar surface area (TPSA) is 9.23 Å². The molecule has 0 aromatic heterocycles. The third-order valence-electron chi connectivity index (χ3n) is 2.05. The zero-order chi connectivity index (χ0) is 10.6. The zero-order valence-corrected chi connectivity index (χ0v) is 9.14. The van der Waals surface area contributed by atoms with Gasteiger partial charge in [0.1, 0.15) is 11.6 Å². The molecule has 0 saturated heterocycles. The Morgan fingerprint density at radius 1 is 1.50 bits per heavy atom. The number of ether oxygens (including phenoxy) is 1. The van der Waals surface area contributed by atoms with Gasteiger partial charge in [-0.2, -0.15) is 0 Å². The molecule has 0 aliphatic heterocycles. The third kappa shape index (κ3) is 3.18. The average molecular weight is 217 g/mol. The predicted octanol–water partition coefficient (Wildman–Crippen LogP) is 3.39. The van der Waals surface area contributed by atoms with Crippen LogP contribution in [0.3, 0.4) is 0 Å². The van der Waals surface area contributed by atoms with Crippen molar-refractivity contribution in [2.45, 2.75) is 25.1 Å². The Hall–Kier alpha value is -0.760. The van der Waals surface area contributed by atoms with Gasteiger partial charge in [0, 0.05) is 5.38 Å². The second-order valence-electron chi connectivity index (χ2n) is 3.28. The Morgan fingerprint density at radius 2 is 2.21 bits per heavy atom. The lowest BCUT2D eigenvalue weighted by Gasteiger charge is -2.08. The lowest BCUT2D eigenvalue weighted by molar-refractivity contribution is 0.407.